The number of hydrogen-bond acceptors (Lipinski definition) is 4. The van der Waals surface area contributed by atoms with E-state index >= 15 is 0 Å². The number of nitroso groups, excluding NO2 is 1. The number of ether oxygens (including phenoxy) is 1. The molecule has 0 aliphatic heterocycles. The largest absolute Gasteiger partial charge is 0.508 e. The Morgan fingerprint density at radius 1 is 1.58 bits per heavy atom. The number of benzene rings is 1. The van der Waals surface area contributed by atoms with Crippen LogP contribution < -0.4 is 0 Å². The number of rotatable bonds is 3. The van der Waals surface area contributed by atoms with Crippen LogP contribution in [0.4, 0.5) is 5.69 Å². The number of methoxy groups -OCH3 is 1. The van der Waals surface area contributed by atoms with Crippen LogP contribution in [-0.2, 0) is 11.3 Å². The number of phenols is 1. The maximum absolute atomic E-state index is 10.2. The fourth-order valence-electron chi connectivity index (χ4n) is 0.932. The molecule has 1 aromatic carbocycles. The van der Waals surface area contributed by atoms with Crippen molar-refractivity contribution in [3.63, 3.8) is 0 Å². The monoisotopic (exact) mass is 167 g/mol. The number of aromatic hydroxyl groups is 1. The molecule has 0 atom stereocenters. The van der Waals surface area contributed by atoms with E-state index in [-0.39, 0.29) is 12.4 Å². The molecule has 0 bridgehead atoms. The summed E-state index contributed by atoms with van der Waals surface area (Å²) in [4.78, 5) is 10.2. The van der Waals surface area contributed by atoms with Crippen LogP contribution in [0.1, 0.15) is 5.56 Å². The second-order valence-corrected chi connectivity index (χ2v) is 2.34. The van der Waals surface area contributed by atoms with Crippen molar-refractivity contribution in [1.82, 2.24) is 0 Å². The van der Waals surface area contributed by atoms with Crippen molar-refractivity contribution in [2.75, 3.05) is 7.11 Å². The third kappa shape index (κ3) is 1.79. The van der Waals surface area contributed by atoms with Gasteiger partial charge in [-0.3, -0.25) is 0 Å². The standard InChI is InChI=1S/C8H9NO3/c1-12-5-6-4-7(10)2-3-8(6)9-11/h2-4,10H,5H2,1H3. The van der Waals surface area contributed by atoms with Gasteiger partial charge in [-0.15, -0.1) is 4.91 Å². The van der Waals surface area contributed by atoms with E-state index in [1.165, 1.54) is 25.3 Å². The maximum atomic E-state index is 10.2. The summed E-state index contributed by atoms with van der Waals surface area (Å²) in [6, 6.07) is 4.33. The summed E-state index contributed by atoms with van der Waals surface area (Å²) in [5, 5.41) is 11.8. The van der Waals surface area contributed by atoms with Gasteiger partial charge in [0.15, 0.2) is 0 Å². The van der Waals surface area contributed by atoms with E-state index in [2.05, 4.69) is 5.18 Å². The molecular formula is C8H9NO3. The predicted molar refractivity (Wildman–Crippen MR) is 44.3 cm³/mol. The quantitative estimate of drug-likeness (QED) is 0.700. The summed E-state index contributed by atoms with van der Waals surface area (Å²) in [5.74, 6) is 0.106. The van der Waals surface area contributed by atoms with Gasteiger partial charge in [-0.2, -0.15) is 0 Å². The zero-order chi connectivity index (χ0) is 8.97. The molecule has 0 fully saturated rings. The Morgan fingerprint density at radius 3 is 2.92 bits per heavy atom. The first kappa shape index (κ1) is 8.67. The first-order valence-corrected chi connectivity index (χ1v) is 3.42. The molecule has 0 aromatic heterocycles. The molecule has 0 aliphatic rings. The van der Waals surface area contributed by atoms with E-state index in [0.29, 0.717) is 11.3 Å². The van der Waals surface area contributed by atoms with Crippen LogP contribution in [0.3, 0.4) is 0 Å². The Hall–Kier alpha value is -1.42. The summed E-state index contributed by atoms with van der Waals surface area (Å²) in [5.41, 5.74) is 0.891. The smallest absolute Gasteiger partial charge is 0.116 e. The molecule has 0 spiro atoms. The Bertz CT molecular complexity index is 286. The first-order chi connectivity index (χ1) is 5.77. The number of phenolic OH excluding ortho intramolecular Hbond substituents is 1. The van der Waals surface area contributed by atoms with Crippen LogP contribution >= 0.6 is 0 Å². The van der Waals surface area contributed by atoms with Crippen molar-refractivity contribution in [1.29, 1.82) is 0 Å². The fourth-order valence-corrected chi connectivity index (χ4v) is 0.932. The van der Waals surface area contributed by atoms with E-state index < -0.39 is 0 Å². The van der Waals surface area contributed by atoms with Crippen LogP contribution in [-0.4, -0.2) is 12.2 Å². The third-order valence-corrected chi connectivity index (χ3v) is 1.46. The van der Waals surface area contributed by atoms with Crippen molar-refractivity contribution >= 4 is 5.69 Å². The van der Waals surface area contributed by atoms with Crippen molar-refractivity contribution in [2.45, 2.75) is 6.61 Å². The summed E-state index contributed by atoms with van der Waals surface area (Å²) >= 11 is 0. The lowest BCUT2D eigenvalue weighted by Gasteiger charge is -2.01. The molecule has 0 saturated carbocycles. The highest BCUT2D eigenvalue weighted by Crippen LogP contribution is 2.23. The molecule has 0 aliphatic carbocycles. The topological polar surface area (TPSA) is 58.9 Å². The van der Waals surface area contributed by atoms with E-state index in [1.54, 1.807) is 0 Å². The first-order valence-electron chi connectivity index (χ1n) is 3.42. The van der Waals surface area contributed by atoms with E-state index in [0.717, 1.165) is 0 Å². The Kier molecular flexibility index (Phi) is 2.76. The van der Waals surface area contributed by atoms with Gasteiger partial charge in [-0.25, -0.2) is 0 Å². The zero-order valence-electron chi connectivity index (χ0n) is 6.65. The molecule has 64 valence electrons. The van der Waals surface area contributed by atoms with Gasteiger partial charge in [0.25, 0.3) is 0 Å². The van der Waals surface area contributed by atoms with Crippen LogP contribution in [0, 0.1) is 4.91 Å². The number of nitrogens with zero attached hydrogens (tertiary/aromatic N) is 1. The SMILES string of the molecule is COCc1cc(O)ccc1N=O. The minimum atomic E-state index is 0.106. The molecular weight excluding hydrogens is 158 g/mol. The molecule has 0 unspecified atom stereocenters. The highest BCUT2D eigenvalue weighted by Gasteiger charge is 2.02. The van der Waals surface area contributed by atoms with Gasteiger partial charge >= 0.3 is 0 Å². The third-order valence-electron chi connectivity index (χ3n) is 1.46. The Labute approximate surface area is 69.8 Å². The molecule has 1 rings (SSSR count). The Balaban J connectivity index is 3.03. The Morgan fingerprint density at radius 2 is 2.33 bits per heavy atom. The maximum Gasteiger partial charge on any atom is 0.116 e. The van der Waals surface area contributed by atoms with Gasteiger partial charge in [-0.05, 0) is 23.4 Å². The van der Waals surface area contributed by atoms with Crippen LogP contribution in [0.2, 0.25) is 0 Å². The molecule has 0 amide bonds. The van der Waals surface area contributed by atoms with Gasteiger partial charge in [0, 0.05) is 12.7 Å². The minimum absolute atomic E-state index is 0.106. The lowest BCUT2D eigenvalue weighted by molar-refractivity contribution is 0.185. The van der Waals surface area contributed by atoms with Gasteiger partial charge in [0.05, 0.1) is 6.61 Å². The van der Waals surface area contributed by atoms with E-state index in [1.807, 2.05) is 0 Å². The predicted octanol–water partition coefficient (Wildman–Crippen LogP) is 1.94. The van der Waals surface area contributed by atoms with Gasteiger partial charge in [0.2, 0.25) is 0 Å². The second-order valence-electron chi connectivity index (χ2n) is 2.34. The fraction of sp³-hybridized carbons (Fsp3) is 0.250. The lowest BCUT2D eigenvalue weighted by Crippen LogP contribution is -1.87. The molecule has 0 radical (unpaired) electrons. The molecule has 0 saturated heterocycles. The van der Waals surface area contributed by atoms with Gasteiger partial charge < -0.3 is 9.84 Å². The van der Waals surface area contributed by atoms with Crippen LogP contribution in [0.25, 0.3) is 0 Å². The van der Waals surface area contributed by atoms with Gasteiger partial charge in [-0.1, -0.05) is 0 Å². The van der Waals surface area contributed by atoms with Crippen molar-refractivity contribution < 1.29 is 9.84 Å². The van der Waals surface area contributed by atoms with E-state index in [4.69, 9.17) is 9.84 Å². The minimum Gasteiger partial charge on any atom is -0.508 e. The molecule has 0 heterocycles. The normalized spacial score (nSPS) is 9.75. The zero-order valence-corrected chi connectivity index (χ0v) is 6.65. The summed E-state index contributed by atoms with van der Waals surface area (Å²) < 4.78 is 4.82. The van der Waals surface area contributed by atoms with Gasteiger partial charge in [0.1, 0.15) is 11.4 Å². The summed E-state index contributed by atoms with van der Waals surface area (Å²) in [6.07, 6.45) is 0. The van der Waals surface area contributed by atoms with Crippen molar-refractivity contribution in [3.8, 4) is 5.75 Å². The molecule has 4 heteroatoms. The molecule has 4 nitrogen and oxygen atoms in total. The second kappa shape index (κ2) is 3.82. The molecule has 12 heavy (non-hydrogen) atoms. The summed E-state index contributed by atoms with van der Waals surface area (Å²) in [7, 11) is 1.51. The molecule has 1 aromatic rings. The van der Waals surface area contributed by atoms with E-state index in [9.17, 15) is 4.91 Å². The highest BCUT2D eigenvalue weighted by molar-refractivity contribution is 5.48. The average molecular weight is 167 g/mol. The van der Waals surface area contributed by atoms with Crippen molar-refractivity contribution in [2.24, 2.45) is 5.18 Å². The highest BCUT2D eigenvalue weighted by atomic mass is 16.5. The molecule has 1 N–H and O–H groups in total. The summed E-state index contributed by atoms with van der Waals surface area (Å²) in [6.45, 7) is 0.273. The average Bonchev–Trinajstić information content (AvgIpc) is 2.05. The van der Waals surface area contributed by atoms with Crippen molar-refractivity contribution in [3.05, 3.63) is 28.7 Å². The van der Waals surface area contributed by atoms with Crippen LogP contribution in [0.15, 0.2) is 23.4 Å². The number of hydrogen-bond donors (Lipinski definition) is 1. The lowest BCUT2D eigenvalue weighted by atomic mass is 10.2. The van der Waals surface area contributed by atoms with Crippen LogP contribution in [0.5, 0.6) is 5.75 Å².